The Kier molecular flexibility index (Phi) is 10.6. The first-order valence-electron chi connectivity index (χ1n) is 20.3. The number of methoxy groups -OCH3 is 2. The number of anilines is 3. The van der Waals surface area contributed by atoms with E-state index in [9.17, 15) is 35.6 Å². The van der Waals surface area contributed by atoms with Crippen LogP contribution in [0.5, 0.6) is 0 Å². The highest BCUT2D eigenvalue weighted by Gasteiger charge is 2.58. The van der Waals surface area contributed by atoms with Gasteiger partial charge in [-0.2, -0.15) is 22.5 Å². The number of hydrogen-bond donors (Lipinski definition) is 1. The SMILES string of the molecule is COC(=O)CC1[C@H]2CN(c3nc(N4CC[C@@H]4C)nc4c3CCC4(F)F)C[C@@H]12.COC(=O)CC1[C@H]2CN(c3nc(S(C)(=O)=O)nc4c3CCC4(F)F)C[C@@H]12.C[C@H]1CCN1. The molecular formula is C39H52F4N8O6S. The van der Waals surface area contributed by atoms with Crippen LogP contribution in [0.25, 0.3) is 0 Å². The van der Waals surface area contributed by atoms with E-state index in [1.54, 1.807) is 0 Å². The molecule has 1 N–H and O–H groups in total. The van der Waals surface area contributed by atoms with Crippen LogP contribution in [-0.2, 0) is 53.6 Å². The molecule has 8 atom stereocenters. The molecule has 4 saturated heterocycles. The molecule has 6 fully saturated rings. The van der Waals surface area contributed by atoms with E-state index in [0.717, 1.165) is 38.4 Å². The lowest BCUT2D eigenvalue weighted by Crippen LogP contribution is -2.47. The van der Waals surface area contributed by atoms with Crippen molar-refractivity contribution in [3.63, 3.8) is 0 Å². The van der Waals surface area contributed by atoms with Crippen LogP contribution in [0.1, 0.15) is 74.9 Å². The summed E-state index contributed by atoms with van der Waals surface area (Å²) in [5.74, 6) is -2.96. The first kappa shape index (κ1) is 40.9. The average Bonchev–Trinajstić information content (AvgIpc) is 3.59. The normalized spacial score (nSPS) is 31.2. The second-order valence-electron chi connectivity index (χ2n) is 17.3. The fraction of sp³-hybridized carbons (Fsp3) is 0.744. The van der Waals surface area contributed by atoms with Gasteiger partial charge in [-0.3, -0.25) is 9.59 Å². The molecule has 0 spiro atoms. The molecule has 8 aliphatic rings. The summed E-state index contributed by atoms with van der Waals surface area (Å²) in [5, 5.41) is 2.65. The standard InChI is InChI=1S/C19H24F2N4O2.C16H19F2N3O4S.C4H9N/c1-10-4-6-25(10)18-22-16-11(3-5-19(16,20)21)17(23-18)24-8-13-12(14(13)9-24)7-15(26)27-2;1-25-12(22)5-9-10-6-21(7-11(9)10)14-8-3-4-16(17,18)13(8)19-15(20-14)26(2,23)24;1-4-2-3-5-4/h10,12-14H,3-9H2,1-2H3;9-11H,3-7H2,1-2H3;4-5H,2-3H2,1H3/t10-,12?,13-,14+;9?,10-,11+;4-/m0.0/s1. The number of esters is 2. The Hall–Kier alpha value is -3.87. The van der Waals surface area contributed by atoms with Crippen molar-refractivity contribution in [1.29, 1.82) is 0 Å². The number of aromatic nitrogens is 4. The van der Waals surface area contributed by atoms with Gasteiger partial charge < -0.3 is 29.5 Å². The molecule has 2 aromatic heterocycles. The van der Waals surface area contributed by atoms with Gasteiger partial charge >= 0.3 is 11.9 Å². The molecule has 0 amide bonds. The molecule has 2 unspecified atom stereocenters. The predicted molar refractivity (Wildman–Crippen MR) is 204 cm³/mol. The molecule has 10 rings (SSSR count). The zero-order valence-electron chi connectivity index (χ0n) is 33.5. The Bertz CT molecular complexity index is 2050. The number of hydrogen-bond acceptors (Lipinski definition) is 14. The molecule has 0 radical (unpaired) electrons. The second kappa shape index (κ2) is 15.0. The first-order chi connectivity index (χ1) is 27.4. The molecule has 19 heteroatoms. The largest absolute Gasteiger partial charge is 0.469 e. The quantitative estimate of drug-likeness (QED) is 0.232. The smallest absolute Gasteiger partial charge is 0.305 e. The molecule has 0 bridgehead atoms. The summed E-state index contributed by atoms with van der Waals surface area (Å²) in [6, 6.07) is 1.11. The Balaban J connectivity index is 0.000000144. The number of nitrogens with one attached hydrogen (secondary N) is 1. The van der Waals surface area contributed by atoms with Crippen LogP contribution in [0.3, 0.4) is 0 Å². The van der Waals surface area contributed by atoms with Gasteiger partial charge in [0.1, 0.15) is 23.0 Å². The van der Waals surface area contributed by atoms with Crippen LogP contribution in [0.2, 0.25) is 0 Å². The third-order valence-electron chi connectivity index (χ3n) is 13.6. The molecule has 58 heavy (non-hydrogen) atoms. The van der Waals surface area contributed by atoms with Crippen molar-refractivity contribution in [3.05, 3.63) is 22.5 Å². The fourth-order valence-electron chi connectivity index (χ4n) is 9.64. The second-order valence-corrected chi connectivity index (χ2v) is 19.3. The minimum absolute atomic E-state index is 0.0757. The van der Waals surface area contributed by atoms with Crippen LogP contribution in [0.4, 0.5) is 35.1 Å². The Morgan fingerprint density at radius 2 is 1.21 bits per heavy atom. The van der Waals surface area contributed by atoms with Gasteiger partial charge in [-0.05, 0) is 81.6 Å². The third kappa shape index (κ3) is 7.69. The number of alkyl halides is 4. The minimum atomic E-state index is -3.80. The zero-order chi connectivity index (χ0) is 41.5. The Morgan fingerprint density at radius 1 is 0.759 bits per heavy atom. The number of ether oxygens (including phenoxy) is 2. The number of rotatable bonds is 8. The van der Waals surface area contributed by atoms with Crippen molar-refractivity contribution < 1.29 is 45.0 Å². The van der Waals surface area contributed by atoms with E-state index in [4.69, 9.17) is 14.5 Å². The topological polar surface area (TPSA) is 160 Å². The maximum absolute atomic E-state index is 14.4. The first-order valence-corrected chi connectivity index (χ1v) is 22.2. The van der Waals surface area contributed by atoms with Gasteiger partial charge in [0.15, 0.2) is 0 Å². The lowest BCUT2D eigenvalue weighted by Gasteiger charge is -2.39. The van der Waals surface area contributed by atoms with Crippen LogP contribution < -0.4 is 20.0 Å². The monoisotopic (exact) mass is 836 g/mol. The molecule has 6 heterocycles. The van der Waals surface area contributed by atoms with Crippen molar-refractivity contribution in [1.82, 2.24) is 25.3 Å². The van der Waals surface area contributed by atoms with Crippen molar-refractivity contribution in [2.75, 3.05) is 74.4 Å². The molecule has 318 valence electrons. The van der Waals surface area contributed by atoms with Crippen LogP contribution >= 0.6 is 0 Å². The predicted octanol–water partition coefficient (Wildman–Crippen LogP) is 3.89. The van der Waals surface area contributed by atoms with Crippen molar-refractivity contribution in [2.45, 2.75) is 94.3 Å². The van der Waals surface area contributed by atoms with E-state index in [1.165, 1.54) is 27.2 Å². The van der Waals surface area contributed by atoms with E-state index in [1.807, 2.05) is 9.80 Å². The van der Waals surface area contributed by atoms with Crippen LogP contribution in [-0.4, -0.2) is 112 Å². The van der Waals surface area contributed by atoms with E-state index in [2.05, 4.69) is 39.0 Å². The highest BCUT2D eigenvalue weighted by Crippen LogP contribution is 2.57. The molecule has 4 aliphatic heterocycles. The molecule has 2 saturated carbocycles. The van der Waals surface area contributed by atoms with Crippen molar-refractivity contribution >= 4 is 39.4 Å². The maximum Gasteiger partial charge on any atom is 0.305 e. The minimum Gasteiger partial charge on any atom is -0.469 e. The molecule has 2 aromatic rings. The van der Waals surface area contributed by atoms with Crippen LogP contribution in [0, 0.1) is 35.5 Å². The van der Waals surface area contributed by atoms with E-state index < -0.39 is 32.5 Å². The summed E-state index contributed by atoms with van der Waals surface area (Å²) in [6.07, 6.45) is 4.01. The number of sulfone groups is 1. The summed E-state index contributed by atoms with van der Waals surface area (Å²) in [7, 11) is -1.04. The summed E-state index contributed by atoms with van der Waals surface area (Å²) in [4.78, 5) is 45.8. The Labute approximate surface area is 335 Å². The van der Waals surface area contributed by atoms with Gasteiger partial charge in [0.2, 0.25) is 20.9 Å². The number of halogens is 4. The van der Waals surface area contributed by atoms with E-state index in [0.29, 0.717) is 84.9 Å². The number of piperidine rings is 2. The van der Waals surface area contributed by atoms with Gasteiger partial charge in [0.05, 0.1) is 14.2 Å². The zero-order valence-corrected chi connectivity index (χ0v) is 34.3. The number of carbonyl (C=O) groups excluding carboxylic acids is 2. The molecular weight excluding hydrogens is 785 g/mol. The average molecular weight is 837 g/mol. The van der Waals surface area contributed by atoms with E-state index in [-0.39, 0.29) is 54.6 Å². The summed E-state index contributed by atoms with van der Waals surface area (Å²) in [6.45, 7) is 9.02. The molecule has 14 nitrogen and oxygen atoms in total. The lowest BCUT2D eigenvalue weighted by atomic mass is 10.1. The fourth-order valence-corrected chi connectivity index (χ4v) is 10.2. The van der Waals surface area contributed by atoms with Crippen molar-refractivity contribution in [3.8, 4) is 0 Å². The van der Waals surface area contributed by atoms with Gasteiger partial charge in [0.25, 0.3) is 11.8 Å². The molecule has 0 aromatic carbocycles. The number of fused-ring (bicyclic) bond motifs is 4. The summed E-state index contributed by atoms with van der Waals surface area (Å²) < 4.78 is 90.3. The Morgan fingerprint density at radius 3 is 1.57 bits per heavy atom. The lowest BCUT2D eigenvalue weighted by molar-refractivity contribution is -0.142. The summed E-state index contributed by atoms with van der Waals surface area (Å²) in [5.41, 5.74) is 0.416. The number of nitrogens with zero attached hydrogens (tertiary/aromatic N) is 7. The van der Waals surface area contributed by atoms with Crippen molar-refractivity contribution in [2.24, 2.45) is 35.5 Å². The maximum atomic E-state index is 14.4. The van der Waals surface area contributed by atoms with Gasteiger partial charge in [-0.25, -0.2) is 23.4 Å². The summed E-state index contributed by atoms with van der Waals surface area (Å²) >= 11 is 0. The van der Waals surface area contributed by atoms with Gasteiger partial charge in [-0.1, -0.05) is 0 Å². The van der Waals surface area contributed by atoms with E-state index >= 15 is 0 Å². The third-order valence-corrected chi connectivity index (χ3v) is 14.4. The highest BCUT2D eigenvalue weighted by molar-refractivity contribution is 7.90. The highest BCUT2D eigenvalue weighted by atomic mass is 32.2. The number of carbonyl (C=O) groups is 2. The van der Waals surface area contributed by atoms with Gasteiger partial charge in [-0.15, -0.1) is 0 Å². The van der Waals surface area contributed by atoms with Gasteiger partial charge in [0, 0.05) is 87.9 Å². The molecule has 4 aliphatic carbocycles. The van der Waals surface area contributed by atoms with Crippen LogP contribution in [0.15, 0.2) is 5.16 Å².